The molecule has 4 saturated carbocycles. The molecule has 0 radical (unpaired) electrons. The lowest BCUT2D eigenvalue weighted by Crippen LogP contribution is -2.49. The maximum Gasteiger partial charge on any atom is 0.224 e. The van der Waals surface area contributed by atoms with E-state index in [-0.39, 0.29) is 17.2 Å². The second-order valence-corrected chi connectivity index (χ2v) is 11.7. The molecule has 5 fully saturated rings. The molecule has 1 aliphatic heterocycles. The smallest absolute Gasteiger partial charge is 0.224 e. The van der Waals surface area contributed by atoms with Gasteiger partial charge in [-0.05, 0) is 91.9 Å². The van der Waals surface area contributed by atoms with Crippen molar-refractivity contribution in [3.05, 3.63) is 24.3 Å². The largest absolute Gasteiger partial charge is 0.368 e. The van der Waals surface area contributed by atoms with E-state index in [1.54, 1.807) is 0 Å². The molecule has 0 unspecified atom stereocenters. The van der Waals surface area contributed by atoms with Crippen LogP contribution in [-0.4, -0.2) is 42.9 Å². The quantitative estimate of drug-likeness (QED) is 0.687. The zero-order valence-electron chi connectivity index (χ0n) is 19.8. The van der Waals surface area contributed by atoms with Gasteiger partial charge in [-0.15, -0.1) is 0 Å². The van der Waals surface area contributed by atoms with Crippen LogP contribution in [0.5, 0.6) is 0 Å². The van der Waals surface area contributed by atoms with Gasteiger partial charge in [0.15, 0.2) is 0 Å². The molecule has 6 rings (SSSR count). The SMILES string of the molecule is CC(C)CC(=O)N1CCN(c2ccc(NC(=O)CC34CC5CC(CC(C5)C3)C4)cc2)CC1. The highest BCUT2D eigenvalue weighted by Crippen LogP contribution is 2.61. The molecule has 0 spiro atoms. The molecule has 2 amide bonds. The van der Waals surface area contributed by atoms with Crippen molar-refractivity contribution in [1.29, 1.82) is 0 Å². The van der Waals surface area contributed by atoms with Crippen molar-refractivity contribution < 1.29 is 9.59 Å². The Morgan fingerprint density at radius 3 is 2.03 bits per heavy atom. The number of hydrogen-bond donors (Lipinski definition) is 1. The van der Waals surface area contributed by atoms with E-state index in [0.29, 0.717) is 18.8 Å². The number of piperazine rings is 1. The number of hydrogen-bond acceptors (Lipinski definition) is 3. The summed E-state index contributed by atoms with van der Waals surface area (Å²) in [6, 6.07) is 8.27. The van der Waals surface area contributed by atoms with Crippen LogP contribution in [0.15, 0.2) is 24.3 Å². The van der Waals surface area contributed by atoms with Gasteiger partial charge in [0.25, 0.3) is 0 Å². The van der Waals surface area contributed by atoms with Crippen LogP contribution in [0.2, 0.25) is 0 Å². The van der Waals surface area contributed by atoms with Crippen molar-refractivity contribution in [2.24, 2.45) is 29.1 Å². The molecule has 1 saturated heterocycles. The van der Waals surface area contributed by atoms with Crippen LogP contribution in [0.1, 0.15) is 65.2 Å². The number of rotatable bonds is 6. The molecular weight excluding hydrogens is 398 g/mol. The summed E-state index contributed by atoms with van der Waals surface area (Å²) in [5.74, 6) is 3.53. The Bertz CT molecular complexity index is 804. The minimum absolute atomic E-state index is 0.192. The highest BCUT2D eigenvalue weighted by atomic mass is 16.2. The Kier molecular flexibility index (Phi) is 5.94. The van der Waals surface area contributed by atoms with Gasteiger partial charge in [0.05, 0.1) is 0 Å². The van der Waals surface area contributed by atoms with Crippen LogP contribution in [0.25, 0.3) is 0 Å². The first kappa shape index (κ1) is 21.8. The van der Waals surface area contributed by atoms with Gasteiger partial charge in [0, 0.05) is 50.4 Å². The highest BCUT2D eigenvalue weighted by Gasteiger charge is 2.51. The Labute approximate surface area is 192 Å². The monoisotopic (exact) mass is 437 g/mol. The van der Waals surface area contributed by atoms with Gasteiger partial charge in [-0.3, -0.25) is 9.59 Å². The molecule has 0 atom stereocenters. The number of nitrogens with one attached hydrogen (secondary N) is 1. The predicted molar refractivity (Wildman–Crippen MR) is 129 cm³/mol. The number of benzene rings is 1. The number of nitrogens with zero attached hydrogens (tertiary/aromatic N) is 2. The van der Waals surface area contributed by atoms with Crippen molar-refractivity contribution in [1.82, 2.24) is 4.90 Å². The molecule has 4 aliphatic carbocycles. The number of anilines is 2. The lowest BCUT2D eigenvalue weighted by molar-refractivity contribution is -0.132. The van der Waals surface area contributed by atoms with E-state index in [0.717, 1.165) is 49.6 Å². The van der Waals surface area contributed by atoms with Gasteiger partial charge in [-0.1, -0.05) is 13.8 Å². The van der Waals surface area contributed by atoms with Crippen molar-refractivity contribution >= 4 is 23.2 Å². The zero-order chi connectivity index (χ0) is 22.3. The van der Waals surface area contributed by atoms with Crippen LogP contribution in [-0.2, 0) is 9.59 Å². The van der Waals surface area contributed by atoms with Crippen LogP contribution in [0, 0.1) is 29.1 Å². The predicted octanol–water partition coefficient (Wildman–Crippen LogP) is 4.93. The Hall–Kier alpha value is -2.04. The maximum absolute atomic E-state index is 12.9. The molecule has 0 aromatic heterocycles. The number of amides is 2. The number of carbonyl (C=O) groups excluding carboxylic acids is 2. The van der Waals surface area contributed by atoms with E-state index in [1.807, 2.05) is 17.0 Å². The van der Waals surface area contributed by atoms with Crippen LogP contribution >= 0.6 is 0 Å². The maximum atomic E-state index is 12.9. The summed E-state index contributed by atoms with van der Waals surface area (Å²) in [7, 11) is 0. The molecule has 174 valence electrons. The fraction of sp³-hybridized carbons (Fsp3) is 0.704. The minimum atomic E-state index is 0.192. The second-order valence-electron chi connectivity index (χ2n) is 11.7. The molecule has 1 heterocycles. The summed E-state index contributed by atoms with van der Waals surface area (Å²) < 4.78 is 0. The zero-order valence-corrected chi connectivity index (χ0v) is 19.8. The average molecular weight is 438 g/mol. The third-order valence-electron chi connectivity index (χ3n) is 8.43. The molecule has 1 N–H and O–H groups in total. The minimum Gasteiger partial charge on any atom is -0.368 e. The third-order valence-corrected chi connectivity index (χ3v) is 8.43. The Morgan fingerprint density at radius 2 is 1.50 bits per heavy atom. The lowest BCUT2D eigenvalue weighted by Gasteiger charge is -2.56. The van der Waals surface area contributed by atoms with E-state index in [4.69, 9.17) is 0 Å². The standard InChI is InChI=1S/C27H39N3O2/c1-19(2)11-26(32)30-9-7-29(8-10-30)24-5-3-23(4-6-24)28-25(31)18-27-15-20-12-21(16-27)14-22(13-20)17-27/h3-6,19-22H,7-18H2,1-2H3,(H,28,31). The molecule has 4 bridgehead atoms. The highest BCUT2D eigenvalue weighted by molar-refractivity contribution is 5.91. The van der Waals surface area contributed by atoms with Crippen molar-refractivity contribution in [2.45, 2.75) is 65.2 Å². The van der Waals surface area contributed by atoms with E-state index in [9.17, 15) is 9.59 Å². The molecule has 5 heteroatoms. The summed E-state index contributed by atoms with van der Waals surface area (Å²) in [5, 5.41) is 3.18. The van der Waals surface area contributed by atoms with Gasteiger partial charge in [0.2, 0.25) is 11.8 Å². The van der Waals surface area contributed by atoms with Gasteiger partial charge in [0.1, 0.15) is 0 Å². The molecular formula is C27H39N3O2. The first-order valence-corrected chi connectivity index (χ1v) is 12.8. The summed E-state index contributed by atoms with van der Waals surface area (Å²) in [5.41, 5.74) is 2.35. The van der Waals surface area contributed by atoms with Crippen LogP contribution < -0.4 is 10.2 Å². The fourth-order valence-electron chi connectivity index (χ4n) is 7.50. The normalized spacial score (nSPS) is 31.3. The van der Waals surface area contributed by atoms with Crippen LogP contribution in [0.3, 0.4) is 0 Å². The first-order chi connectivity index (χ1) is 15.4. The molecule has 32 heavy (non-hydrogen) atoms. The fourth-order valence-corrected chi connectivity index (χ4v) is 7.50. The van der Waals surface area contributed by atoms with Crippen molar-refractivity contribution in [3.63, 3.8) is 0 Å². The Morgan fingerprint density at radius 1 is 0.938 bits per heavy atom. The Balaban J connectivity index is 1.12. The van der Waals surface area contributed by atoms with Gasteiger partial charge in [-0.2, -0.15) is 0 Å². The van der Waals surface area contributed by atoms with Gasteiger partial charge >= 0.3 is 0 Å². The van der Waals surface area contributed by atoms with E-state index in [1.165, 1.54) is 44.2 Å². The van der Waals surface area contributed by atoms with Gasteiger partial charge in [-0.25, -0.2) is 0 Å². The molecule has 5 nitrogen and oxygen atoms in total. The molecule has 1 aromatic carbocycles. The summed E-state index contributed by atoms with van der Waals surface area (Å²) in [6.45, 7) is 7.49. The average Bonchev–Trinajstić information content (AvgIpc) is 2.72. The summed E-state index contributed by atoms with van der Waals surface area (Å²) >= 11 is 0. The molecule has 5 aliphatic rings. The third kappa shape index (κ3) is 4.67. The second kappa shape index (κ2) is 8.72. The van der Waals surface area contributed by atoms with Crippen molar-refractivity contribution in [3.8, 4) is 0 Å². The van der Waals surface area contributed by atoms with Gasteiger partial charge < -0.3 is 15.1 Å². The summed E-state index contributed by atoms with van der Waals surface area (Å²) in [4.78, 5) is 29.5. The van der Waals surface area contributed by atoms with E-state index >= 15 is 0 Å². The number of carbonyl (C=O) groups is 2. The molecule has 1 aromatic rings. The topological polar surface area (TPSA) is 52.7 Å². The van der Waals surface area contributed by atoms with Crippen molar-refractivity contribution in [2.75, 3.05) is 36.4 Å². The lowest BCUT2D eigenvalue weighted by atomic mass is 9.49. The van der Waals surface area contributed by atoms with E-state index in [2.05, 4.69) is 36.2 Å². The summed E-state index contributed by atoms with van der Waals surface area (Å²) in [6.07, 6.45) is 9.42. The first-order valence-electron chi connectivity index (χ1n) is 12.8. The van der Waals surface area contributed by atoms with E-state index < -0.39 is 0 Å². The van der Waals surface area contributed by atoms with Crippen LogP contribution in [0.4, 0.5) is 11.4 Å².